The van der Waals surface area contributed by atoms with Gasteiger partial charge in [-0.05, 0) is 49.1 Å². The van der Waals surface area contributed by atoms with Crippen molar-refractivity contribution in [1.82, 2.24) is 10.2 Å². The molecule has 7 nitrogen and oxygen atoms in total. The van der Waals surface area contributed by atoms with Gasteiger partial charge in [-0.1, -0.05) is 0 Å². The zero-order chi connectivity index (χ0) is 23.2. The molecule has 3 atom stereocenters. The molecule has 3 N–H and O–H groups in total. The average molecular weight is 453 g/mol. The number of primary amides is 1. The van der Waals surface area contributed by atoms with E-state index in [0.29, 0.717) is 19.3 Å². The number of alkyl halides is 3. The third kappa shape index (κ3) is 2.72. The minimum Gasteiger partial charge on any atom is -0.366 e. The number of hydrogen-bond donors (Lipinski definition) is 2. The Morgan fingerprint density at radius 2 is 1.84 bits per heavy atom. The van der Waals surface area contributed by atoms with Crippen LogP contribution in [0.4, 0.5) is 17.6 Å². The highest BCUT2D eigenvalue weighted by Crippen LogP contribution is 2.73. The number of nitrogens with one attached hydrogen (secondary N) is 1. The largest absolute Gasteiger partial charge is 0.394 e. The lowest BCUT2D eigenvalue weighted by molar-refractivity contribution is -0.288. The first-order valence-electron chi connectivity index (χ1n) is 10.3. The SMILES string of the molecule is NC(=O)c1ccc2c(c1F)C([C@H](C(F)(F)F)C13CC(C1)C3)N(C1CCC(=O)NC1=O)C2=O. The number of hydrogen-bond acceptors (Lipinski definition) is 4. The molecule has 3 saturated carbocycles. The van der Waals surface area contributed by atoms with E-state index in [-0.39, 0.29) is 24.3 Å². The van der Waals surface area contributed by atoms with Crippen molar-refractivity contribution in [3.63, 3.8) is 0 Å². The van der Waals surface area contributed by atoms with E-state index < -0.39 is 70.2 Å². The summed E-state index contributed by atoms with van der Waals surface area (Å²) in [6.07, 6.45) is -4.23. The summed E-state index contributed by atoms with van der Waals surface area (Å²) >= 11 is 0. The van der Waals surface area contributed by atoms with Crippen molar-refractivity contribution < 1.29 is 36.7 Å². The first kappa shape index (κ1) is 20.9. The Hall–Kier alpha value is -2.98. The molecule has 11 heteroatoms. The molecule has 4 fully saturated rings. The van der Waals surface area contributed by atoms with Crippen LogP contribution in [0.5, 0.6) is 0 Å². The van der Waals surface area contributed by atoms with Crippen LogP contribution >= 0.6 is 0 Å². The predicted octanol–water partition coefficient (Wildman–Crippen LogP) is 2.21. The fraction of sp³-hybridized carbons (Fsp3) is 0.524. The summed E-state index contributed by atoms with van der Waals surface area (Å²) in [5.74, 6) is -6.83. The fourth-order valence-corrected chi connectivity index (χ4v) is 6.06. The highest BCUT2D eigenvalue weighted by molar-refractivity contribution is 6.06. The van der Waals surface area contributed by atoms with Crippen molar-refractivity contribution in [1.29, 1.82) is 0 Å². The molecule has 6 rings (SSSR count). The number of carbonyl (C=O) groups excluding carboxylic acids is 4. The van der Waals surface area contributed by atoms with Crippen LogP contribution in [0.1, 0.15) is 64.4 Å². The maximum atomic E-state index is 15.4. The highest BCUT2D eigenvalue weighted by atomic mass is 19.4. The third-order valence-corrected chi connectivity index (χ3v) is 7.47. The monoisotopic (exact) mass is 453 g/mol. The third-order valence-electron chi connectivity index (χ3n) is 7.47. The molecule has 1 saturated heterocycles. The summed E-state index contributed by atoms with van der Waals surface area (Å²) in [6, 6.07) is -1.16. The second kappa shape index (κ2) is 6.52. The van der Waals surface area contributed by atoms with Crippen LogP contribution < -0.4 is 11.1 Å². The lowest BCUT2D eigenvalue weighted by atomic mass is 9.39. The maximum absolute atomic E-state index is 15.4. The van der Waals surface area contributed by atoms with E-state index in [4.69, 9.17) is 5.73 Å². The van der Waals surface area contributed by atoms with Crippen LogP contribution in [-0.2, 0) is 9.59 Å². The van der Waals surface area contributed by atoms with Crippen molar-refractivity contribution in [2.24, 2.45) is 23.0 Å². The van der Waals surface area contributed by atoms with Gasteiger partial charge in [-0.25, -0.2) is 4.39 Å². The van der Waals surface area contributed by atoms with Crippen molar-refractivity contribution in [3.05, 3.63) is 34.6 Å². The second-order valence-electron chi connectivity index (χ2n) is 9.24. The van der Waals surface area contributed by atoms with Crippen LogP contribution in [0, 0.1) is 23.1 Å². The molecule has 2 unspecified atom stereocenters. The topological polar surface area (TPSA) is 110 Å². The summed E-state index contributed by atoms with van der Waals surface area (Å²) in [6.45, 7) is 0. The number of rotatable bonds is 4. The molecule has 0 spiro atoms. The van der Waals surface area contributed by atoms with Crippen molar-refractivity contribution in [2.75, 3.05) is 0 Å². The van der Waals surface area contributed by atoms with E-state index in [1.54, 1.807) is 0 Å². The molecule has 0 radical (unpaired) electrons. The van der Waals surface area contributed by atoms with Crippen LogP contribution in [0.25, 0.3) is 0 Å². The fourth-order valence-electron chi connectivity index (χ4n) is 6.06. The Morgan fingerprint density at radius 3 is 2.34 bits per heavy atom. The number of imide groups is 1. The van der Waals surface area contributed by atoms with Gasteiger partial charge in [0, 0.05) is 17.5 Å². The molecular weight excluding hydrogens is 434 g/mol. The van der Waals surface area contributed by atoms with E-state index in [1.165, 1.54) is 0 Å². The van der Waals surface area contributed by atoms with Gasteiger partial charge in [-0.3, -0.25) is 24.5 Å². The highest BCUT2D eigenvalue weighted by Gasteiger charge is 2.71. The molecule has 2 aliphatic heterocycles. The van der Waals surface area contributed by atoms with Gasteiger partial charge < -0.3 is 10.6 Å². The number of nitrogens with zero attached hydrogens (tertiary/aromatic N) is 1. The van der Waals surface area contributed by atoms with Crippen LogP contribution in [0.15, 0.2) is 12.1 Å². The number of fused-ring (bicyclic) bond motifs is 1. The average Bonchev–Trinajstić information content (AvgIpc) is 2.89. The summed E-state index contributed by atoms with van der Waals surface area (Å²) in [5, 5.41) is 2.05. The van der Waals surface area contributed by atoms with Gasteiger partial charge in [0.15, 0.2) is 0 Å². The Morgan fingerprint density at radius 1 is 1.19 bits per heavy atom. The molecule has 5 aliphatic rings. The Kier molecular flexibility index (Phi) is 4.26. The van der Waals surface area contributed by atoms with Crippen molar-refractivity contribution in [3.8, 4) is 0 Å². The minimum absolute atomic E-state index is 0.165. The molecule has 32 heavy (non-hydrogen) atoms. The number of nitrogens with two attached hydrogens (primary N) is 1. The number of halogens is 4. The number of piperidine rings is 1. The molecule has 170 valence electrons. The number of benzene rings is 1. The van der Waals surface area contributed by atoms with Gasteiger partial charge in [0.1, 0.15) is 11.9 Å². The summed E-state index contributed by atoms with van der Waals surface area (Å²) in [7, 11) is 0. The second-order valence-corrected chi connectivity index (χ2v) is 9.24. The quantitative estimate of drug-likeness (QED) is 0.538. The molecule has 1 aromatic rings. The van der Waals surface area contributed by atoms with Crippen LogP contribution in [-0.4, -0.2) is 40.7 Å². The zero-order valence-corrected chi connectivity index (χ0v) is 16.7. The number of amides is 4. The van der Waals surface area contributed by atoms with E-state index in [1.807, 2.05) is 0 Å². The van der Waals surface area contributed by atoms with Crippen LogP contribution in [0.2, 0.25) is 0 Å². The predicted molar refractivity (Wildman–Crippen MR) is 99.3 cm³/mol. The maximum Gasteiger partial charge on any atom is 0.394 e. The molecule has 2 bridgehead atoms. The van der Waals surface area contributed by atoms with Gasteiger partial charge >= 0.3 is 6.18 Å². The van der Waals surface area contributed by atoms with E-state index in [9.17, 15) is 32.3 Å². The summed E-state index contributed by atoms with van der Waals surface area (Å²) in [4.78, 5) is 49.8. The van der Waals surface area contributed by atoms with E-state index in [0.717, 1.165) is 17.0 Å². The van der Waals surface area contributed by atoms with Gasteiger partial charge in [-0.15, -0.1) is 0 Å². The molecule has 2 heterocycles. The molecular formula is C21H19F4N3O4. The normalized spacial score (nSPS) is 32.1. The molecule has 3 aliphatic carbocycles. The van der Waals surface area contributed by atoms with E-state index in [2.05, 4.69) is 5.32 Å². The Labute approximate surface area is 179 Å². The standard InChI is InChI=1S/C21H19F4N3O4/c22-14-10(17(26)30)2-1-9-13(14)15(16(21(23,24)25)20-5-8(6-20)7-20)28(19(9)32)11-3-4-12(29)27-18(11)31/h1-2,8,11,15-16H,3-7H2,(H2,26,30)(H,27,29,31)/t8?,11?,15?,16-,20?/m0/s1. The first-order chi connectivity index (χ1) is 14.9. The molecule has 1 aromatic carbocycles. The lowest BCUT2D eigenvalue weighted by Gasteiger charge is -2.67. The van der Waals surface area contributed by atoms with Gasteiger partial charge in [0.05, 0.1) is 17.5 Å². The first-order valence-corrected chi connectivity index (χ1v) is 10.3. The minimum atomic E-state index is -4.80. The van der Waals surface area contributed by atoms with E-state index >= 15 is 4.39 Å². The molecule has 4 amide bonds. The van der Waals surface area contributed by atoms with Crippen molar-refractivity contribution >= 4 is 23.6 Å². The zero-order valence-electron chi connectivity index (χ0n) is 16.7. The van der Waals surface area contributed by atoms with Gasteiger partial charge in [0.2, 0.25) is 11.8 Å². The molecule has 0 aromatic heterocycles. The van der Waals surface area contributed by atoms with Gasteiger partial charge in [0.25, 0.3) is 11.8 Å². The Balaban J connectivity index is 1.70. The van der Waals surface area contributed by atoms with Gasteiger partial charge in [-0.2, -0.15) is 13.2 Å². The summed E-state index contributed by atoms with van der Waals surface area (Å²) in [5.41, 5.74) is 2.54. The summed E-state index contributed by atoms with van der Waals surface area (Å²) < 4.78 is 59.0. The lowest BCUT2D eigenvalue weighted by Crippen LogP contribution is -2.64. The number of carbonyl (C=O) groups is 4. The van der Waals surface area contributed by atoms with Crippen LogP contribution in [0.3, 0.4) is 0 Å². The smallest absolute Gasteiger partial charge is 0.366 e. The van der Waals surface area contributed by atoms with Crippen molar-refractivity contribution in [2.45, 2.75) is 50.4 Å². The Bertz CT molecular complexity index is 1070.